The monoisotopic (exact) mass is 240 g/mol. The van der Waals surface area contributed by atoms with Crippen LogP contribution in [0.1, 0.15) is 38.5 Å². The first kappa shape index (κ1) is 12.8. The molecule has 2 N–H and O–H groups in total. The van der Waals surface area contributed by atoms with Crippen molar-refractivity contribution in [1.29, 1.82) is 0 Å². The van der Waals surface area contributed by atoms with E-state index >= 15 is 0 Å². The van der Waals surface area contributed by atoms with Crippen molar-refractivity contribution >= 4 is 5.91 Å². The molecule has 1 amide bonds. The van der Waals surface area contributed by atoms with Gasteiger partial charge in [0.15, 0.2) is 0 Å². The number of amides is 1. The molecule has 2 fully saturated rings. The van der Waals surface area contributed by atoms with Gasteiger partial charge < -0.3 is 15.4 Å². The van der Waals surface area contributed by atoms with E-state index in [9.17, 15) is 4.79 Å². The van der Waals surface area contributed by atoms with E-state index in [-0.39, 0.29) is 17.4 Å². The molecule has 1 aliphatic heterocycles. The second-order valence-electron chi connectivity index (χ2n) is 5.44. The molecule has 1 saturated carbocycles. The molecule has 2 aliphatic rings. The molecule has 0 aromatic rings. The van der Waals surface area contributed by atoms with E-state index in [4.69, 9.17) is 10.5 Å². The van der Waals surface area contributed by atoms with Crippen molar-refractivity contribution in [3.05, 3.63) is 0 Å². The molecule has 1 saturated heterocycles. The van der Waals surface area contributed by atoms with Crippen LogP contribution in [0.25, 0.3) is 0 Å². The predicted octanol–water partition coefficient (Wildman–Crippen LogP) is 1.14. The highest BCUT2D eigenvalue weighted by Gasteiger charge is 2.42. The summed E-state index contributed by atoms with van der Waals surface area (Å²) in [7, 11) is 1.72. The van der Waals surface area contributed by atoms with E-state index in [1.165, 1.54) is 6.42 Å². The van der Waals surface area contributed by atoms with Crippen molar-refractivity contribution in [3.8, 4) is 0 Å². The summed E-state index contributed by atoms with van der Waals surface area (Å²) in [6.45, 7) is 2.08. The van der Waals surface area contributed by atoms with E-state index in [1.807, 2.05) is 4.90 Å². The lowest BCUT2D eigenvalue weighted by Crippen LogP contribution is -2.48. The van der Waals surface area contributed by atoms with Gasteiger partial charge in [-0.1, -0.05) is 19.3 Å². The van der Waals surface area contributed by atoms with Gasteiger partial charge >= 0.3 is 0 Å². The maximum atomic E-state index is 12.6. The first-order valence-corrected chi connectivity index (χ1v) is 6.74. The van der Waals surface area contributed by atoms with Gasteiger partial charge in [-0.15, -0.1) is 0 Å². The van der Waals surface area contributed by atoms with E-state index in [2.05, 4.69) is 0 Å². The molecule has 1 unspecified atom stereocenters. The number of nitrogens with two attached hydrogens (primary N) is 1. The Hall–Kier alpha value is -0.610. The molecule has 4 heteroatoms. The number of rotatable bonds is 3. The van der Waals surface area contributed by atoms with Crippen molar-refractivity contribution in [2.45, 2.75) is 44.6 Å². The Kier molecular flexibility index (Phi) is 4.05. The number of methoxy groups -OCH3 is 1. The van der Waals surface area contributed by atoms with E-state index in [0.29, 0.717) is 6.54 Å². The standard InChI is InChI=1S/C13H24N2O2/c1-17-11-5-8-15(9-11)12(16)13(10-14)6-3-2-4-7-13/h11H,2-10,14H2,1H3. The van der Waals surface area contributed by atoms with Crippen molar-refractivity contribution < 1.29 is 9.53 Å². The summed E-state index contributed by atoms with van der Waals surface area (Å²) in [5.41, 5.74) is 5.63. The zero-order valence-corrected chi connectivity index (χ0v) is 10.8. The van der Waals surface area contributed by atoms with Crippen LogP contribution in [-0.4, -0.2) is 43.7 Å². The maximum absolute atomic E-state index is 12.6. The fourth-order valence-corrected chi connectivity index (χ4v) is 3.17. The molecule has 1 heterocycles. The lowest BCUT2D eigenvalue weighted by molar-refractivity contribution is -0.143. The summed E-state index contributed by atoms with van der Waals surface area (Å²) < 4.78 is 5.32. The van der Waals surface area contributed by atoms with Crippen LogP contribution in [0.5, 0.6) is 0 Å². The highest BCUT2D eigenvalue weighted by atomic mass is 16.5. The molecule has 98 valence electrons. The Morgan fingerprint density at radius 2 is 2.12 bits per heavy atom. The van der Waals surface area contributed by atoms with Crippen LogP contribution in [0, 0.1) is 5.41 Å². The molecule has 17 heavy (non-hydrogen) atoms. The molecule has 2 rings (SSSR count). The summed E-state index contributed by atoms with van der Waals surface area (Å²) in [4.78, 5) is 14.6. The minimum atomic E-state index is -0.263. The summed E-state index contributed by atoms with van der Waals surface area (Å²) in [6, 6.07) is 0. The van der Waals surface area contributed by atoms with Gasteiger partial charge in [0.2, 0.25) is 5.91 Å². The lowest BCUT2D eigenvalue weighted by atomic mass is 9.73. The number of hydrogen-bond donors (Lipinski definition) is 1. The van der Waals surface area contributed by atoms with Crippen LogP contribution in [0.2, 0.25) is 0 Å². The highest BCUT2D eigenvalue weighted by molar-refractivity contribution is 5.83. The molecular weight excluding hydrogens is 216 g/mol. The van der Waals surface area contributed by atoms with Gasteiger partial charge in [-0.05, 0) is 19.3 Å². The van der Waals surface area contributed by atoms with E-state index in [0.717, 1.165) is 45.2 Å². The van der Waals surface area contributed by atoms with Gasteiger partial charge in [-0.2, -0.15) is 0 Å². The lowest BCUT2D eigenvalue weighted by Gasteiger charge is -2.37. The maximum Gasteiger partial charge on any atom is 0.230 e. The molecule has 0 aromatic carbocycles. The molecule has 0 aromatic heterocycles. The molecular formula is C13H24N2O2. The van der Waals surface area contributed by atoms with Gasteiger partial charge in [-0.3, -0.25) is 4.79 Å². The molecule has 1 aliphatic carbocycles. The number of carbonyl (C=O) groups excluding carboxylic acids is 1. The van der Waals surface area contributed by atoms with Crippen molar-refractivity contribution in [2.75, 3.05) is 26.7 Å². The smallest absolute Gasteiger partial charge is 0.230 e. The van der Waals surface area contributed by atoms with Crippen LogP contribution in [0.15, 0.2) is 0 Å². The molecule has 0 spiro atoms. The molecule has 1 atom stereocenters. The summed E-state index contributed by atoms with van der Waals surface area (Å²) in [5, 5.41) is 0. The van der Waals surface area contributed by atoms with Crippen LogP contribution in [-0.2, 0) is 9.53 Å². The van der Waals surface area contributed by atoms with Gasteiger partial charge in [0.1, 0.15) is 0 Å². The minimum Gasteiger partial charge on any atom is -0.380 e. The van der Waals surface area contributed by atoms with Crippen LogP contribution < -0.4 is 5.73 Å². The summed E-state index contributed by atoms with van der Waals surface area (Å²) >= 11 is 0. The average Bonchev–Trinajstić information content (AvgIpc) is 2.87. The van der Waals surface area contributed by atoms with Gasteiger partial charge in [0.05, 0.1) is 11.5 Å². The van der Waals surface area contributed by atoms with Gasteiger partial charge in [0, 0.05) is 26.7 Å². The fourth-order valence-electron chi connectivity index (χ4n) is 3.17. The quantitative estimate of drug-likeness (QED) is 0.805. The van der Waals surface area contributed by atoms with E-state index in [1.54, 1.807) is 7.11 Å². The minimum absolute atomic E-state index is 0.220. The number of ether oxygens (including phenoxy) is 1. The number of hydrogen-bond acceptors (Lipinski definition) is 3. The Morgan fingerprint density at radius 1 is 1.41 bits per heavy atom. The third kappa shape index (κ3) is 2.47. The summed E-state index contributed by atoms with van der Waals surface area (Å²) in [5.74, 6) is 0.277. The first-order chi connectivity index (χ1) is 8.22. The number of nitrogens with zero attached hydrogens (tertiary/aromatic N) is 1. The third-order valence-corrected chi connectivity index (χ3v) is 4.42. The predicted molar refractivity (Wildman–Crippen MR) is 66.6 cm³/mol. The largest absolute Gasteiger partial charge is 0.380 e. The van der Waals surface area contributed by atoms with Crippen molar-refractivity contribution in [2.24, 2.45) is 11.1 Å². The first-order valence-electron chi connectivity index (χ1n) is 6.74. The molecule has 0 bridgehead atoms. The Balaban J connectivity index is 2.02. The zero-order valence-electron chi connectivity index (χ0n) is 10.8. The molecule has 4 nitrogen and oxygen atoms in total. The zero-order chi connectivity index (χ0) is 12.3. The third-order valence-electron chi connectivity index (χ3n) is 4.42. The van der Waals surface area contributed by atoms with Gasteiger partial charge in [-0.25, -0.2) is 0 Å². The Morgan fingerprint density at radius 3 is 2.65 bits per heavy atom. The second-order valence-corrected chi connectivity index (χ2v) is 5.44. The fraction of sp³-hybridized carbons (Fsp3) is 0.923. The normalized spacial score (nSPS) is 28.4. The summed E-state index contributed by atoms with van der Waals surface area (Å²) in [6.07, 6.45) is 6.65. The topological polar surface area (TPSA) is 55.6 Å². The highest BCUT2D eigenvalue weighted by Crippen LogP contribution is 2.37. The number of likely N-dealkylation sites (tertiary alicyclic amines) is 1. The van der Waals surface area contributed by atoms with Gasteiger partial charge in [0.25, 0.3) is 0 Å². The number of carbonyl (C=O) groups is 1. The average molecular weight is 240 g/mol. The Labute approximate surface area is 103 Å². The Bertz CT molecular complexity index is 275. The van der Waals surface area contributed by atoms with Crippen LogP contribution in [0.3, 0.4) is 0 Å². The van der Waals surface area contributed by atoms with Crippen molar-refractivity contribution in [3.63, 3.8) is 0 Å². The van der Waals surface area contributed by atoms with Crippen molar-refractivity contribution in [1.82, 2.24) is 4.90 Å². The SMILES string of the molecule is COC1CCN(C(=O)C2(CN)CCCCC2)C1. The van der Waals surface area contributed by atoms with Crippen LogP contribution in [0.4, 0.5) is 0 Å². The van der Waals surface area contributed by atoms with Crippen LogP contribution >= 0.6 is 0 Å². The molecule has 0 radical (unpaired) electrons. The van der Waals surface area contributed by atoms with E-state index < -0.39 is 0 Å². The second kappa shape index (κ2) is 5.36.